The summed E-state index contributed by atoms with van der Waals surface area (Å²) in [5.41, 5.74) is 1.11. The molecule has 1 heterocycles. The van der Waals surface area contributed by atoms with Gasteiger partial charge in [-0.2, -0.15) is 0 Å². The number of aryl methyl sites for hydroxylation is 1. The molecule has 2 atom stereocenters. The third kappa shape index (κ3) is 3.37. The Morgan fingerprint density at radius 3 is 2.47 bits per heavy atom. The molecule has 1 aromatic heterocycles. The Balaban J connectivity index is 2.04. The van der Waals surface area contributed by atoms with Gasteiger partial charge in [0, 0.05) is 19.2 Å². The molecule has 19 heavy (non-hydrogen) atoms. The van der Waals surface area contributed by atoms with Crippen LogP contribution in [0.15, 0.2) is 0 Å². The largest absolute Gasteiger partial charge is 0.373 e. The highest BCUT2D eigenvalue weighted by Crippen LogP contribution is 2.30. The Hall–Kier alpha value is -1.32. The van der Waals surface area contributed by atoms with Crippen molar-refractivity contribution in [3.8, 4) is 0 Å². The molecule has 106 valence electrons. The SMILES string of the molecule is CNc1nc(C)nc(NCC2CCCCC2C)c1C. The fourth-order valence-corrected chi connectivity index (χ4v) is 2.97. The van der Waals surface area contributed by atoms with Crippen molar-refractivity contribution in [3.05, 3.63) is 11.4 Å². The molecule has 0 aliphatic heterocycles. The van der Waals surface area contributed by atoms with Crippen molar-refractivity contribution >= 4 is 11.6 Å². The summed E-state index contributed by atoms with van der Waals surface area (Å²) in [5, 5.41) is 6.67. The molecule has 1 fully saturated rings. The number of nitrogens with one attached hydrogen (secondary N) is 2. The summed E-state index contributed by atoms with van der Waals surface area (Å²) in [6.45, 7) is 7.41. The molecule has 0 bridgehead atoms. The van der Waals surface area contributed by atoms with E-state index in [0.29, 0.717) is 0 Å². The zero-order valence-electron chi connectivity index (χ0n) is 12.6. The van der Waals surface area contributed by atoms with Crippen LogP contribution in [0.4, 0.5) is 11.6 Å². The van der Waals surface area contributed by atoms with Crippen molar-refractivity contribution in [2.75, 3.05) is 24.2 Å². The molecule has 4 heteroatoms. The summed E-state index contributed by atoms with van der Waals surface area (Å²) in [7, 11) is 1.90. The average molecular weight is 262 g/mol. The lowest BCUT2D eigenvalue weighted by Gasteiger charge is -2.29. The molecular weight excluding hydrogens is 236 g/mol. The van der Waals surface area contributed by atoms with Gasteiger partial charge >= 0.3 is 0 Å². The van der Waals surface area contributed by atoms with Gasteiger partial charge in [0.1, 0.15) is 17.5 Å². The van der Waals surface area contributed by atoms with Crippen molar-refractivity contribution in [1.29, 1.82) is 0 Å². The van der Waals surface area contributed by atoms with E-state index >= 15 is 0 Å². The molecule has 4 nitrogen and oxygen atoms in total. The van der Waals surface area contributed by atoms with Crippen LogP contribution in [0.3, 0.4) is 0 Å². The highest BCUT2D eigenvalue weighted by atomic mass is 15.1. The highest BCUT2D eigenvalue weighted by molar-refractivity contribution is 5.56. The van der Waals surface area contributed by atoms with Gasteiger partial charge in [0.25, 0.3) is 0 Å². The van der Waals surface area contributed by atoms with Gasteiger partial charge < -0.3 is 10.6 Å². The molecule has 0 amide bonds. The van der Waals surface area contributed by atoms with Gasteiger partial charge in [-0.25, -0.2) is 9.97 Å². The van der Waals surface area contributed by atoms with Crippen LogP contribution in [0, 0.1) is 25.7 Å². The van der Waals surface area contributed by atoms with E-state index in [1.165, 1.54) is 25.7 Å². The van der Waals surface area contributed by atoms with Gasteiger partial charge in [0.2, 0.25) is 0 Å². The highest BCUT2D eigenvalue weighted by Gasteiger charge is 2.21. The van der Waals surface area contributed by atoms with E-state index in [9.17, 15) is 0 Å². The van der Waals surface area contributed by atoms with Crippen LogP contribution in [0.1, 0.15) is 44.0 Å². The van der Waals surface area contributed by atoms with Crippen LogP contribution in [-0.4, -0.2) is 23.6 Å². The smallest absolute Gasteiger partial charge is 0.134 e. The summed E-state index contributed by atoms with van der Waals surface area (Å²) in [5.74, 6) is 4.32. The first kappa shape index (κ1) is 14.1. The number of aromatic nitrogens is 2. The van der Waals surface area contributed by atoms with Crippen LogP contribution in [0.2, 0.25) is 0 Å². The molecule has 1 aliphatic carbocycles. The first-order valence-corrected chi connectivity index (χ1v) is 7.38. The van der Waals surface area contributed by atoms with E-state index in [1.54, 1.807) is 0 Å². The number of nitrogens with zero attached hydrogens (tertiary/aromatic N) is 2. The topological polar surface area (TPSA) is 49.8 Å². The molecule has 2 N–H and O–H groups in total. The van der Waals surface area contributed by atoms with E-state index in [2.05, 4.69) is 34.4 Å². The van der Waals surface area contributed by atoms with E-state index in [4.69, 9.17) is 0 Å². The summed E-state index contributed by atoms with van der Waals surface area (Å²) in [6.07, 6.45) is 5.49. The Kier molecular flexibility index (Phi) is 4.61. The lowest BCUT2D eigenvalue weighted by Crippen LogP contribution is -2.25. The van der Waals surface area contributed by atoms with Crippen molar-refractivity contribution in [2.24, 2.45) is 11.8 Å². The minimum Gasteiger partial charge on any atom is -0.373 e. The Bertz CT molecular complexity index is 430. The molecule has 0 radical (unpaired) electrons. The van der Waals surface area contributed by atoms with Crippen LogP contribution < -0.4 is 10.6 Å². The minimum absolute atomic E-state index is 0.779. The van der Waals surface area contributed by atoms with Crippen molar-refractivity contribution < 1.29 is 0 Å². The molecule has 2 rings (SSSR count). The normalized spacial score (nSPS) is 23.2. The maximum absolute atomic E-state index is 4.53. The summed E-state index contributed by atoms with van der Waals surface area (Å²) < 4.78 is 0. The minimum atomic E-state index is 0.779. The first-order valence-electron chi connectivity index (χ1n) is 7.38. The fraction of sp³-hybridized carbons (Fsp3) is 0.733. The maximum Gasteiger partial charge on any atom is 0.134 e. The van der Waals surface area contributed by atoms with E-state index < -0.39 is 0 Å². The summed E-state index contributed by atoms with van der Waals surface area (Å²) >= 11 is 0. The zero-order chi connectivity index (χ0) is 13.8. The van der Waals surface area contributed by atoms with Crippen LogP contribution in [0.5, 0.6) is 0 Å². The van der Waals surface area contributed by atoms with Gasteiger partial charge in [-0.1, -0.05) is 26.2 Å². The van der Waals surface area contributed by atoms with E-state index in [1.807, 2.05) is 14.0 Å². The monoisotopic (exact) mass is 262 g/mol. The Morgan fingerprint density at radius 2 is 1.79 bits per heavy atom. The molecule has 2 unspecified atom stereocenters. The third-order valence-corrected chi connectivity index (χ3v) is 4.32. The van der Waals surface area contributed by atoms with Crippen molar-refractivity contribution in [3.63, 3.8) is 0 Å². The molecule has 1 aliphatic rings. The predicted octanol–water partition coefficient (Wildman–Crippen LogP) is 3.37. The van der Waals surface area contributed by atoms with Gasteiger partial charge in [-0.05, 0) is 32.1 Å². The predicted molar refractivity (Wildman–Crippen MR) is 80.7 cm³/mol. The van der Waals surface area contributed by atoms with Gasteiger partial charge in [0.05, 0.1) is 0 Å². The standard InChI is InChI=1S/C15H26N4/c1-10-7-5-6-8-13(10)9-17-15-11(2)14(16-4)18-12(3)19-15/h10,13H,5-9H2,1-4H3,(H2,16,17,18,19). The van der Waals surface area contributed by atoms with Gasteiger partial charge in [-0.3, -0.25) is 0 Å². The Labute approximate surface area is 116 Å². The molecular formula is C15H26N4. The molecule has 1 aromatic rings. The number of hydrogen-bond acceptors (Lipinski definition) is 4. The van der Waals surface area contributed by atoms with E-state index in [-0.39, 0.29) is 0 Å². The molecule has 0 aromatic carbocycles. The molecule has 1 saturated carbocycles. The second kappa shape index (κ2) is 6.22. The second-order valence-corrected chi connectivity index (χ2v) is 5.75. The second-order valence-electron chi connectivity index (χ2n) is 5.75. The summed E-state index contributed by atoms with van der Waals surface area (Å²) in [4.78, 5) is 8.93. The first-order chi connectivity index (χ1) is 9.11. The van der Waals surface area contributed by atoms with Crippen LogP contribution >= 0.6 is 0 Å². The molecule has 0 spiro atoms. The quantitative estimate of drug-likeness (QED) is 0.873. The van der Waals surface area contributed by atoms with Crippen LogP contribution in [-0.2, 0) is 0 Å². The zero-order valence-corrected chi connectivity index (χ0v) is 12.6. The van der Waals surface area contributed by atoms with Crippen molar-refractivity contribution in [1.82, 2.24) is 9.97 Å². The number of hydrogen-bond donors (Lipinski definition) is 2. The third-order valence-electron chi connectivity index (χ3n) is 4.32. The fourth-order valence-electron chi connectivity index (χ4n) is 2.97. The van der Waals surface area contributed by atoms with Gasteiger partial charge in [-0.15, -0.1) is 0 Å². The van der Waals surface area contributed by atoms with E-state index in [0.717, 1.165) is 41.4 Å². The van der Waals surface area contributed by atoms with Gasteiger partial charge in [0.15, 0.2) is 0 Å². The molecule has 0 saturated heterocycles. The number of rotatable bonds is 4. The summed E-state index contributed by atoms with van der Waals surface area (Å²) in [6, 6.07) is 0. The maximum atomic E-state index is 4.53. The lowest BCUT2D eigenvalue weighted by atomic mass is 9.80. The average Bonchev–Trinajstić information content (AvgIpc) is 2.41. The van der Waals surface area contributed by atoms with Crippen LogP contribution in [0.25, 0.3) is 0 Å². The number of anilines is 2. The Morgan fingerprint density at radius 1 is 1.11 bits per heavy atom. The van der Waals surface area contributed by atoms with Crippen molar-refractivity contribution in [2.45, 2.75) is 46.5 Å². The lowest BCUT2D eigenvalue weighted by molar-refractivity contribution is 0.268.